The zero-order valence-electron chi connectivity index (χ0n) is 33.9. The van der Waals surface area contributed by atoms with Crippen LogP contribution in [0.15, 0.2) is 0 Å². The second-order valence-corrected chi connectivity index (χ2v) is 17.2. The summed E-state index contributed by atoms with van der Waals surface area (Å²) in [6.07, 6.45) is 35.9. The third-order valence-electron chi connectivity index (χ3n) is 9.42. The van der Waals surface area contributed by atoms with Gasteiger partial charge in [0.15, 0.2) is 0 Å². The van der Waals surface area contributed by atoms with Crippen LogP contribution in [0.4, 0.5) is 0 Å². The van der Waals surface area contributed by atoms with Crippen LogP contribution in [0.2, 0.25) is 0 Å². The molecule has 0 bridgehead atoms. The van der Waals surface area contributed by atoms with Crippen LogP contribution in [0.25, 0.3) is 0 Å². The van der Waals surface area contributed by atoms with Crippen LogP contribution >= 0.6 is 7.82 Å². The summed E-state index contributed by atoms with van der Waals surface area (Å²) < 4.78 is 34.7. The normalized spacial score (nSPS) is 13.8. The zero-order valence-corrected chi connectivity index (χ0v) is 34.8. The van der Waals surface area contributed by atoms with Crippen molar-refractivity contribution in [1.82, 2.24) is 0 Å². The van der Waals surface area contributed by atoms with E-state index in [1.54, 1.807) is 0 Å². The summed E-state index contributed by atoms with van der Waals surface area (Å²) in [5.74, 6) is -0.311. The van der Waals surface area contributed by atoms with Crippen LogP contribution in [0, 0.1) is 0 Å². The molecule has 0 amide bonds. The number of esters is 1. The number of hydrogen-bond donors (Lipinski definition) is 1. The molecule has 0 aromatic rings. The van der Waals surface area contributed by atoms with Gasteiger partial charge in [-0.2, -0.15) is 0 Å². The highest BCUT2D eigenvalue weighted by atomic mass is 31.2. The highest BCUT2D eigenvalue weighted by Crippen LogP contribution is 2.43. The second kappa shape index (κ2) is 35.5. The molecule has 0 fully saturated rings. The first-order valence-electron chi connectivity index (χ1n) is 21.3. The van der Waals surface area contributed by atoms with Gasteiger partial charge in [-0.3, -0.25) is 13.8 Å². The zero-order chi connectivity index (χ0) is 37.0. The SMILES string of the molecule is CCCCCCCCCCCCCCCCCCCCCCCCC(=O)OC(COCCCCCCCC)COP(=O)(O)OCC[N+](C)(C)C. The smallest absolute Gasteiger partial charge is 0.457 e. The van der Waals surface area contributed by atoms with E-state index in [2.05, 4.69) is 13.8 Å². The number of phosphoric acid groups is 1. The van der Waals surface area contributed by atoms with Crippen molar-refractivity contribution in [3.8, 4) is 0 Å². The highest BCUT2D eigenvalue weighted by molar-refractivity contribution is 7.47. The standard InChI is InChI=1S/C41H84NO7P/c1-6-8-10-12-14-15-16-17-18-19-20-21-22-23-24-25-26-27-28-29-30-32-34-41(43)49-40(38-46-36-33-31-13-11-9-7-2)39-48-50(44,45)47-37-35-42(3,4)5/h40H,6-39H2,1-5H3/p+1. The summed E-state index contributed by atoms with van der Waals surface area (Å²) in [5, 5.41) is 0. The van der Waals surface area contributed by atoms with E-state index in [4.69, 9.17) is 18.5 Å². The lowest BCUT2D eigenvalue weighted by molar-refractivity contribution is -0.870. The molecule has 2 unspecified atom stereocenters. The van der Waals surface area contributed by atoms with Crippen molar-refractivity contribution in [1.29, 1.82) is 0 Å². The molecule has 2 atom stereocenters. The molecule has 0 aromatic heterocycles. The number of ether oxygens (including phenoxy) is 2. The molecule has 0 heterocycles. The first-order valence-corrected chi connectivity index (χ1v) is 22.8. The van der Waals surface area contributed by atoms with Crippen LogP contribution in [0.1, 0.15) is 200 Å². The maximum absolute atomic E-state index is 12.6. The van der Waals surface area contributed by atoms with Gasteiger partial charge >= 0.3 is 13.8 Å². The number of hydrogen-bond acceptors (Lipinski definition) is 6. The summed E-state index contributed by atoms with van der Waals surface area (Å²) in [4.78, 5) is 22.7. The summed E-state index contributed by atoms with van der Waals surface area (Å²) in [6, 6.07) is 0. The minimum atomic E-state index is -4.25. The third-order valence-corrected chi connectivity index (χ3v) is 10.4. The number of unbranched alkanes of at least 4 members (excludes halogenated alkanes) is 26. The molecule has 8 nitrogen and oxygen atoms in total. The van der Waals surface area contributed by atoms with Gasteiger partial charge in [-0.1, -0.05) is 181 Å². The van der Waals surface area contributed by atoms with Crippen molar-refractivity contribution in [3.63, 3.8) is 0 Å². The first-order chi connectivity index (χ1) is 24.1. The van der Waals surface area contributed by atoms with Crippen molar-refractivity contribution in [2.75, 3.05) is 54.1 Å². The number of carbonyl (C=O) groups excluding carboxylic acids is 1. The molecular formula is C41H85NO7P+. The van der Waals surface area contributed by atoms with E-state index in [1.807, 2.05) is 21.1 Å². The molecule has 0 aliphatic rings. The summed E-state index contributed by atoms with van der Waals surface area (Å²) in [5.41, 5.74) is 0. The van der Waals surface area contributed by atoms with Gasteiger partial charge in [0.25, 0.3) is 0 Å². The van der Waals surface area contributed by atoms with Gasteiger partial charge in [-0.25, -0.2) is 4.57 Å². The van der Waals surface area contributed by atoms with Gasteiger partial charge in [-0.05, 0) is 12.8 Å². The molecule has 0 saturated carbocycles. The minimum Gasteiger partial charge on any atom is -0.457 e. The first kappa shape index (κ1) is 49.5. The van der Waals surface area contributed by atoms with Crippen molar-refractivity contribution < 1.29 is 37.3 Å². The third kappa shape index (κ3) is 38.7. The maximum Gasteiger partial charge on any atom is 0.472 e. The minimum absolute atomic E-state index is 0.0930. The molecule has 9 heteroatoms. The lowest BCUT2D eigenvalue weighted by Crippen LogP contribution is -2.37. The largest absolute Gasteiger partial charge is 0.472 e. The second-order valence-electron chi connectivity index (χ2n) is 15.7. The molecule has 0 aliphatic heterocycles. The van der Waals surface area contributed by atoms with Gasteiger partial charge in [0.2, 0.25) is 0 Å². The van der Waals surface area contributed by atoms with Gasteiger partial charge in [0.1, 0.15) is 19.3 Å². The monoisotopic (exact) mass is 735 g/mol. The van der Waals surface area contributed by atoms with E-state index in [1.165, 1.54) is 148 Å². The predicted molar refractivity (Wildman–Crippen MR) is 211 cm³/mol. The number of quaternary nitrogens is 1. The Morgan fingerprint density at radius 3 is 1.32 bits per heavy atom. The lowest BCUT2D eigenvalue weighted by atomic mass is 10.0. The van der Waals surface area contributed by atoms with Gasteiger partial charge in [-0.15, -0.1) is 0 Å². The van der Waals surface area contributed by atoms with Crippen LogP contribution in [-0.4, -0.2) is 75.6 Å². The average Bonchev–Trinajstić information content (AvgIpc) is 3.06. The number of nitrogens with zero attached hydrogens (tertiary/aromatic N) is 1. The lowest BCUT2D eigenvalue weighted by Gasteiger charge is -2.24. The number of likely N-dealkylation sites (N-methyl/N-ethyl adjacent to an activating group) is 1. The molecule has 50 heavy (non-hydrogen) atoms. The van der Waals surface area contributed by atoms with E-state index < -0.39 is 13.9 Å². The average molecular weight is 735 g/mol. The molecule has 0 aromatic carbocycles. The summed E-state index contributed by atoms with van der Waals surface area (Å²) in [6.45, 7) is 5.61. The maximum atomic E-state index is 12.6. The van der Waals surface area contributed by atoms with E-state index in [0.717, 1.165) is 32.1 Å². The summed E-state index contributed by atoms with van der Waals surface area (Å²) in [7, 11) is 1.68. The molecule has 1 N–H and O–H groups in total. The van der Waals surface area contributed by atoms with Crippen LogP contribution in [-0.2, 0) is 27.9 Å². The fourth-order valence-electron chi connectivity index (χ4n) is 6.08. The van der Waals surface area contributed by atoms with Gasteiger partial charge in [0.05, 0.1) is 34.4 Å². The van der Waals surface area contributed by atoms with Gasteiger partial charge < -0.3 is 18.9 Å². The quantitative estimate of drug-likeness (QED) is 0.0290. The Bertz CT molecular complexity index is 777. The van der Waals surface area contributed by atoms with E-state index in [-0.39, 0.29) is 25.8 Å². The van der Waals surface area contributed by atoms with Gasteiger partial charge in [0, 0.05) is 13.0 Å². The number of phosphoric ester groups is 1. The van der Waals surface area contributed by atoms with Crippen LogP contribution < -0.4 is 0 Å². The van der Waals surface area contributed by atoms with Crippen LogP contribution in [0.3, 0.4) is 0 Å². The van der Waals surface area contributed by atoms with Crippen LogP contribution in [0.5, 0.6) is 0 Å². The Hall–Kier alpha value is -0.500. The van der Waals surface area contributed by atoms with E-state index >= 15 is 0 Å². The fraction of sp³-hybridized carbons (Fsp3) is 0.976. The Labute approximate surface area is 310 Å². The van der Waals surface area contributed by atoms with Crippen molar-refractivity contribution in [3.05, 3.63) is 0 Å². The van der Waals surface area contributed by atoms with E-state index in [0.29, 0.717) is 24.1 Å². The molecular weight excluding hydrogens is 649 g/mol. The number of rotatable bonds is 40. The summed E-state index contributed by atoms with van der Waals surface area (Å²) >= 11 is 0. The molecule has 0 rings (SSSR count). The molecule has 0 radical (unpaired) electrons. The topological polar surface area (TPSA) is 91.3 Å². The number of carbonyl (C=O) groups is 1. The predicted octanol–water partition coefficient (Wildman–Crippen LogP) is 12.1. The molecule has 0 spiro atoms. The van der Waals surface area contributed by atoms with Crippen molar-refractivity contribution in [2.45, 2.75) is 206 Å². The Morgan fingerprint density at radius 2 is 0.920 bits per heavy atom. The molecule has 0 aliphatic carbocycles. The van der Waals surface area contributed by atoms with E-state index in [9.17, 15) is 14.3 Å². The van der Waals surface area contributed by atoms with Crippen molar-refractivity contribution >= 4 is 13.8 Å². The Morgan fingerprint density at radius 1 is 0.540 bits per heavy atom. The molecule has 300 valence electrons. The highest BCUT2D eigenvalue weighted by Gasteiger charge is 2.26. The Kier molecular flexibility index (Phi) is 35.2. The van der Waals surface area contributed by atoms with Crippen molar-refractivity contribution in [2.24, 2.45) is 0 Å². The Balaban J connectivity index is 3.96. The molecule has 0 saturated heterocycles. The fourth-order valence-corrected chi connectivity index (χ4v) is 6.82.